The minimum atomic E-state index is -0.508. The summed E-state index contributed by atoms with van der Waals surface area (Å²) in [5, 5.41) is 28.0. The molecule has 1 atom stereocenters. The zero-order valence-corrected chi connectivity index (χ0v) is 8.94. The minimum Gasteiger partial charge on any atom is -0.504 e. The van der Waals surface area contributed by atoms with Gasteiger partial charge in [0.2, 0.25) is 5.75 Å². The third kappa shape index (κ3) is 2.53. The van der Waals surface area contributed by atoms with Crippen molar-refractivity contribution in [3.8, 4) is 17.2 Å². The summed E-state index contributed by atoms with van der Waals surface area (Å²) >= 11 is 0. The summed E-state index contributed by atoms with van der Waals surface area (Å²) in [6, 6.07) is 2.51. The van der Waals surface area contributed by atoms with E-state index in [1.165, 1.54) is 12.1 Å². The lowest BCUT2D eigenvalue weighted by Crippen LogP contribution is -2.13. The summed E-state index contributed by atoms with van der Waals surface area (Å²) in [5.74, 6) is -0.779. The lowest BCUT2D eigenvalue weighted by molar-refractivity contribution is 0.360. The number of nitrogens with two attached hydrogens (primary N) is 1. The minimum absolute atomic E-state index is 0.330. The van der Waals surface area contributed by atoms with Gasteiger partial charge in [-0.2, -0.15) is 0 Å². The standard InChI is InChI=1S/C11H17NO3/c1-6(2)5-8(12)7-3-4-9(13)11(15)10(7)14/h3-4,6,8,13-15H,5,12H2,1-2H3/t8-/m0/s1. The molecule has 0 aliphatic heterocycles. The Morgan fingerprint density at radius 3 is 2.27 bits per heavy atom. The highest BCUT2D eigenvalue weighted by molar-refractivity contribution is 5.54. The molecular weight excluding hydrogens is 194 g/mol. The Morgan fingerprint density at radius 2 is 1.73 bits per heavy atom. The molecule has 1 aromatic carbocycles. The van der Waals surface area contributed by atoms with Gasteiger partial charge < -0.3 is 21.1 Å². The molecule has 0 aliphatic carbocycles. The lowest BCUT2D eigenvalue weighted by atomic mass is 9.97. The molecule has 4 heteroatoms. The molecule has 0 aromatic heterocycles. The third-order valence-corrected chi connectivity index (χ3v) is 2.29. The maximum absolute atomic E-state index is 9.57. The highest BCUT2D eigenvalue weighted by Crippen LogP contribution is 2.40. The van der Waals surface area contributed by atoms with Crippen LogP contribution in [0.5, 0.6) is 17.2 Å². The van der Waals surface area contributed by atoms with E-state index >= 15 is 0 Å². The van der Waals surface area contributed by atoms with Gasteiger partial charge in [0, 0.05) is 11.6 Å². The normalized spacial score (nSPS) is 13.1. The number of phenolic OH excluding ortho intramolecular Hbond substituents is 3. The van der Waals surface area contributed by atoms with Gasteiger partial charge in [-0.1, -0.05) is 13.8 Å². The lowest BCUT2D eigenvalue weighted by Gasteiger charge is -2.16. The van der Waals surface area contributed by atoms with Crippen LogP contribution in [0.4, 0.5) is 0 Å². The first kappa shape index (κ1) is 11.7. The maximum atomic E-state index is 9.57. The van der Waals surface area contributed by atoms with E-state index < -0.39 is 5.75 Å². The highest BCUT2D eigenvalue weighted by Gasteiger charge is 2.17. The van der Waals surface area contributed by atoms with Crippen molar-refractivity contribution < 1.29 is 15.3 Å². The predicted molar refractivity (Wildman–Crippen MR) is 57.8 cm³/mol. The number of benzene rings is 1. The number of hydrogen-bond acceptors (Lipinski definition) is 4. The first-order chi connectivity index (χ1) is 6.93. The number of aromatic hydroxyl groups is 3. The van der Waals surface area contributed by atoms with Gasteiger partial charge in [0.15, 0.2) is 11.5 Å². The van der Waals surface area contributed by atoms with Crippen molar-refractivity contribution in [2.24, 2.45) is 11.7 Å². The van der Waals surface area contributed by atoms with Crippen LogP contribution in [-0.4, -0.2) is 15.3 Å². The van der Waals surface area contributed by atoms with Crippen LogP contribution in [-0.2, 0) is 0 Å². The first-order valence-corrected chi connectivity index (χ1v) is 4.92. The fourth-order valence-corrected chi connectivity index (χ4v) is 1.52. The second kappa shape index (κ2) is 4.40. The van der Waals surface area contributed by atoms with Crippen LogP contribution in [0.1, 0.15) is 31.9 Å². The predicted octanol–water partition coefficient (Wildman–Crippen LogP) is 1.85. The van der Waals surface area contributed by atoms with Gasteiger partial charge in [-0.3, -0.25) is 0 Å². The Kier molecular flexibility index (Phi) is 3.42. The summed E-state index contributed by atoms with van der Waals surface area (Å²) in [6.07, 6.45) is 0.706. The van der Waals surface area contributed by atoms with E-state index in [1.807, 2.05) is 13.8 Å². The molecule has 0 amide bonds. The molecule has 0 saturated carbocycles. The van der Waals surface area contributed by atoms with Gasteiger partial charge >= 0.3 is 0 Å². The summed E-state index contributed by atoms with van der Waals surface area (Å²) in [5.41, 5.74) is 6.32. The van der Waals surface area contributed by atoms with Crippen molar-refractivity contribution in [2.75, 3.05) is 0 Å². The second-order valence-corrected chi connectivity index (χ2v) is 4.11. The smallest absolute Gasteiger partial charge is 0.200 e. The number of phenols is 3. The van der Waals surface area contributed by atoms with Gasteiger partial charge in [-0.15, -0.1) is 0 Å². The molecule has 1 rings (SSSR count). The van der Waals surface area contributed by atoms with Crippen LogP contribution in [0, 0.1) is 5.92 Å². The van der Waals surface area contributed by atoms with Crippen molar-refractivity contribution in [1.29, 1.82) is 0 Å². The molecule has 1 aromatic rings. The molecular formula is C11H17NO3. The van der Waals surface area contributed by atoms with Crippen LogP contribution in [0.3, 0.4) is 0 Å². The van der Waals surface area contributed by atoms with Crippen LogP contribution in [0.2, 0.25) is 0 Å². The molecule has 84 valence electrons. The monoisotopic (exact) mass is 211 g/mol. The molecule has 0 fully saturated rings. The Morgan fingerprint density at radius 1 is 1.13 bits per heavy atom. The Labute approximate surface area is 89.0 Å². The summed E-state index contributed by atoms with van der Waals surface area (Å²) < 4.78 is 0. The fraction of sp³-hybridized carbons (Fsp3) is 0.455. The van der Waals surface area contributed by atoms with Crippen LogP contribution in [0.25, 0.3) is 0 Å². The number of hydrogen-bond donors (Lipinski definition) is 4. The molecule has 0 radical (unpaired) electrons. The van der Waals surface area contributed by atoms with Gasteiger partial charge in [0.05, 0.1) is 0 Å². The van der Waals surface area contributed by atoms with Crippen LogP contribution < -0.4 is 5.73 Å². The van der Waals surface area contributed by atoms with Crippen molar-refractivity contribution in [2.45, 2.75) is 26.3 Å². The molecule has 0 unspecified atom stereocenters. The third-order valence-electron chi connectivity index (χ3n) is 2.29. The highest BCUT2D eigenvalue weighted by atomic mass is 16.3. The molecule has 15 heavy (non-hydrogen) atoms. The Bertz CT molecular complexity index is 350. The average Bonchev–Trinajstić information content (AvgIpc) is 2.13. The van der Waals surface area contributed by atoms with E-state index in [4.69, 9.17) is 10.8 Å². The van der Waals surface area contributed by atoms with E-state index in [2.05, 4.69) is 0 Å². The van der Waals surface area contributed by atoms with Gasteiger partial charge in [0.25, 0.3) is 0 Å². The Balaban J connectivity index is 3.00. The molecule has 0 saturated heterocycles. The molecule has 0 aliphatic rings. The zero-order chi connectivity index (χ0) is 11.6. The van der Waals surface area contributed by atoms with Gasteiger partial charge in [-0.05, 0) is 24.5 Å². The van der Waals surface area contributed by atoms with E-state index in [-0.39, 0.29) is 17.5 Å². The average molecular weight is 211 g/mol. The SMILES string of the molecule is CC(C)C[C@H](N)c1ccc(O)c(O)c1O. The Hall–Kier alpha value is -1.42. The van der Waals surface area contributed by atoms with Crippen molar-refractivity contribution in [3.05, 3.63) is 17.7 Å². The van der Waals surface area contributed by atoms with E-state index in [0.717, 1.165) is 0 Å². The van der Waals surface area contributed by atoms with Gasteiger partial charge in [-0.25, -0.2) is 0 Å². The van der Waals surface area contributed by atoms with Crippen LogP contribution in [0.15, 0.2) is 12.1 Å². The molecule has 0 bridgehead atoms. The summed E-state index contributed by atoms with van der Waals surface area (Å²) in [7, 11) is 0. The maximum Gasteiger partial charge on any atom is 0.200 e. The molecule has 0 spiro atoms. The zero-order valence-electron chi connectivity index (χ0n) is 8.94. The molecule has 0 heterocycles. The van der Waals surface area contributed by atoms with Gasteiger partial charge in [0.1, 0.15) is 0 Å². The summed E-state index contributed by atoms with van der Waals surface area (Å²) in [6.45, 7) is 4.05. The quantitative estimate of drug-likeness (QED) is 0.575. The summed E-state index contributed by atoms with van der Waals surface area (Å²) in [4.78, 5) is 0. The van der Waals surface area contributed by atoms with Crippen molar-refractivity contribution in [3.63, 3.8) is 0 Å². The number of rotatable bonds is 3. The topological polar surface area (TPSA) is 86.7 Å². The molecule has 5 N–H and O–H groups in total. The first-order valence-electron chi connectivity index (χ1n) is 4.92. The second-order valence-electron chi connectivity index (χ2n) is 4.11. The van der Waals surface area contributed by atoms with E-state index in [9.17, 15) is 10.2 Å². The van der Waals surface area contributed by atoms with Crippen molar-refractivity contribution >= 4 is 0 Å². The molecule has 4 nitrogen and oxygen atoms in total. The van der Waals surface area contributed by atoms with E-state index in [1.54, 1.807) is 0 Å². The van der Waals surface area contributed by atoms with E-state index in [0.29, 0.717) is 17.9 Å². The fourth-order valence-electron chi connectivity index (χ4n) is 1.52. The van der Waals surface area contributed by atoms with Crippen molar-refractivity contribution in [1.82, 2.24) is 0 Å². The largest absolute Gasteiger partial charge is 0.504 e. The van der Waals surface area contributed by atoms with Crippen LogP contribution >= 0.6 is 0 Å².